The first-order valence-electron chi connectivity index (χ1n) is 4.74. The number of amides is 1. The van der Waals surface area contributed by atoms with Gasteiger partial charge in [0.05, 0.1) is 12.1 Å². The van der Waals surface area contributed by atoms with Crippen molar-refractivity contribution in [2.24, 2.45) is 5.73 Å². The lowest BCUT2D eigenvalue weighted by molar-refractivity contribution is -0.123. The highest BCUT2D eigenvalue weighted by Gasteiger charge is 2.14. The van der Waals surface area contributed by atoms with Crippen molar-refractivity contribution in [2.45, 2.75) is 32.4 Å². The van der Waals surface area contributed by atoms with Crippen LogP contribution >= 0.6 is 11.3 Å². The number of thiophene rings is 1. The van der Waals surface area contributed by atoms with E-state index in [4.69, 9.17) is 5.73 Å². The second-order valence-electron chi connectivity index (χ2n) is 3.26. The predicted octanol–water partition coefficient (Wildman–Crippen LogP) is 1.66. The molecule has 0 saturated heterocycles. The SMILES string of the molecule is CC[C@H](N)C(=O)NC(C)c1cccs1. The molecule has 3 nitrogen and oxygen atoms in total. The molecule has 1 unspecified atom stereocenters. The summed E-state index contributed by atoms with van der Waals surface area (Å²) in [5.74, 6) is -0.0756. The van der Waals surface area contributed by atoms with Crippen molar-refractivity contribution in [3.05, 3.63) is 22.4 Å². The van der Waals surface area contributed by atoms with Crippen molar-refractivity contribution in [1.29, 1.82) is 0 Å². The number of carbonyl (C=O) groups is 1. The summed E-state index contributed by atoms with van der Waals surface area (Å²) in [5.41, 5.74) is 5.61. The number of carbonyl (C=O) groups excluding carboxylic acids is 1. The van der Waals surface area contributed by atoms with Crippen molar-refractivity contribution < 1.29 is 4.79 Å². The molecule has 0 aliphatic rings. The van der Waals surface area contributed by atoms with Crippen molar-refractivity contribution in [3.8, 4) is 0 Å². The van der Waals surface area contributed by atoms with Crippen LogP contribution in [-0.2, 0) is 4.79 Å². The highest BCUT2D eigenvalue weighted by atomic mass is 32.1. The van der Waals surface area contributed by atoms with Crippen LogP contribution in [0.3, 0.4) is 0 Å². The summed E-state index contributed by atoms with van der Waals surface area (Å²) in [6, 6.07) is 3.65. The lowest BCUT2D eigenvalue weighted by Gasteiger charge is -2.15. The quantitative estimate of drug-likeness (QED) is 0.797. The zero-order valence-corrected chi connectivity index (χ0v) is 9.30. The number of nitrogens with one attached hydrogen (secondary N) is 1. The Morgan fingerprint density at radius 2 is 2.43 bits per heavy atom. The van der Waals surface area contributed by atoms with E-state index in [1.807, 2.05) is 31.4 Å². The zero-order valence-electron chi connectivity index (χ0n) is 8.49. The van der Waals surface area contributed by atoms with Gasteiger partial charge in [-0.25, -0.2) is 0 Å². The van der Waals surface area contributed by atoms with E-state index in [1.54, 1.807) is 11.3 Å². The molecule has 4 heteroatoms. The monoisotopic (exact) mass is 212 g/mol. The van der Waals surface area contributed by atoms with E-state index in [1.165, 1.54) is 0 Å². The Morgan fingerprint density at radius 3 is 2.93 bits per heavy atom. The van der Waals surface area contributed by atoms with Crippen LogP contribution in [0.2, 0.25) is 0 Å². The molecule has 1 amide bonds. The second-order valence-corrected chi connectivity index (χ2v) is 4.24. The summed E-state index contributed by atoms with van der Waals surface area (Å²) >= 11 is 1.64. The van der Waals surface area contributed by atoms with Crippen LogP contribution in [0.1, 0.15) is 31.2 Å². The average molecular weight is 212 g/mol. The molecule has 0 radical (unpaired) electrons. The van der Waals surface area contributed by atoms with Crippen LogP contribution in [0.15, 0.2) is 17.5 Å². The van der Waals surface area contributed by atoms with Crippen LogP contribution in [0.4, 0.5) is 0 Å². The normalized spacial score (nSPS) is 14.8. The molecular formula is C10H16N2OS. The van der Waals surface area contributed by atoms with E-state index in [2.05, 4.69) is 5.32 Å². The van der Waals surface area contributed by atoms with E-state index in [-0.39, 0.29) is 11.9 Å². The maximum Gasteiger partial charge on any atom is 0.237 e. The minimum Gasteiger partial charge on any atom is -0.347 e. The van der Waals surface area contributed by atoms with Gasteiger partial charge in [0.15, 0.2) is 0 Å². The number of hydrogen-bond acceptors (Lipinski definition) is 3. The molecule has 14 heavy (non-hydrogen) atoms. The van der Waals surface area contributed by atoms with E-state index in [9.17, 15) is 4.79 Å². The largest absolute Gasteiger partial charge is 0.347 e. The van der Waals surface area contributed by atoms with Crippen molar-refractivity contribution in [3.63, 3.8) is 0 Å². The maximum atomic E-state index is 11.4. The minimum atomic E-state index is -0.391. The van der Waals surface area contributed by atoms with Gasteiger partial charge in [-0.3, -0.25) is 4.79 Å². The molecule has 0 fully saturated rings. The second kappa shape index (κ2) is 5.12. The lowest BCUT2D eigenvalue weighted by Crippen LogP contribution is -2.40. The lowest BCUT2D eigenvalue weighted by atomic mass is 10.2. The van der Waals surface area contributed by atoms with Crippen molar-refractivity contribution in [2.75, 3.05) is 0 Å². The molecule has 1 rings (SSSR count). The van der Waals surface area contributed by atoms with Crippen LogP contribution in [0, 0.1) is 0 Å². The molecule has 1 aromatic heterocycles. The van der Waals surface area contributed by atoms with Crippen molar-refractivity contribution in [1.82, 2.24) is 5.32 Å². The Hall–Kier alpha value is -0.870. The topological polar surface area (TPSA) is 55.1 Å². The Labute approximate surface area is 88.3 Å². The first-order chi connectivity index (χ1) is 6.65. The standard InChI is InChI=1S/C10H16N2OS/c1-3-8(11)10(13)12-7(2)9-5-4-6-14-9/h4-8H,3,11H2,1-2H3,(H,12,13)/t7?,8-/m0/s1. The third kappa shape index (κ3) is 2.82. The Balaban J connectivity index is 2.49. The Kier molecular flexibility index (Phi) is 4.10. The van der Waals surface area contributed by atoms with E-state index in [0.717, 1.165) is 4.88 Å². The van der Waals surface area contributed by atoms with Gasteiger partial charge in [0.1, 0.15) is 0 Å². The molecule has 0 aliphatic heterocycles. The summed E-state index contributed by atoms with van der Waals surface area (Å²) in [6.45, 7) is 3.87. The van der Waals surface area contributed by atoms with Gasteiger partial charge in [-0.1, -0.05) is 13.0 Å². The van der Waals surface area contributed by atoms with Gasteiger partial charge < -0.3 is 11.1 Å². The van der Waals surface area contributed by atoms with E-state index in [0.29, 0.717) is 6.42 Å². The molecule has 1 aromatic rings. The van der Waals surface area contributed by atoms with Crippen LogP contribution in [-0.4, -0.2) is 11.9 Å². The summed E-state index contributed by atoms with van der Waals surface area (Å²) in [6.07, 6.45) is 0.670. The summed E-state index contributed by atoms with van der Waals surface area (Å²) < 4.78 is 0. The predicted molar refractivity (Wildman–Crippen MR) is 59.1 cm³/mol. The molecule has 0 aliphatic carbocycles. The molecule has 2 atom stereocenters. The van der Waals surface area contributed by atoms with Crippen LogP contribution in [0.25, 0.3) is 0 Å². The van der Waals surface area contributed by atoms with Gasteiger partial charge in [-0.2, -0.15) is 0 Å². The number of rotatable bonds is 4. The highest BCUT2D eigenvalue weighted by molar-refractivity contribution is 7.10. The summed E-state index contributed by atoms with van der Waals surface area (Å²) in [5, 5.41) is 4.88. The van der Waals surface area contributed by atoms with Gasteiger partial charge in [-0.05, 0) is 24.8 Å². The third-order valence-corrected chi connectivity index (χ3v) is 3.16. The summed E-state index contributed by atoms with van der Waals surface area (Å²) in [7, 11) is 0. The fourth-order valence-corrected chi connectivity index (χ4v) is 1.85. The van der Waals surface area contributed by atoms with E-state index < -0.39 is 6.04 Å². The number of hydrogen-bond donors (Lipinski definition) is 2. The smallest absolute Gasteiger partial charge is 0.237 e. The van der Waals surface area contributed by atoms with Crippen LogP contribution in [0.5, 0.6) is 0 Å². The van der Waals surface area contributed by atoms with Crippen LogP contribution < -0.4 is 11.1 Å². The molecule has 0 saturated carbocycles. The fourth-order valence-electron chi connectivity index (χ4n) is 1.11. The zero-order chi connectivity index (χ0) is 10.6. The number of nitrogens with two attached hydrogens (primary N) is 1. The summed E-state index contributed by atoms with van der Waals surface area (Å²) in [4.78, 5) is 12.6. The van der Waals surface area contributed by atoms with Gasteiger partial charge in [0.2, 0.25) is 5.91 Å². The highest BCUT2D eigenvalue weighted by Crippen LogP contribution is 2.17. The van der Waals surface area contributed by atoms with E-state index >= 15 is 0 Å². The molecule has 0 spiro atoms. The van der Waals surface area contributed by atoms with Gasteiger partial charge >= 0.3 is 0 Å². The molecule has 78 valence electrons. The first-order valence-corrected chi connectivity index (χ1v) is 5.62. The molecule has 0 bridgehead atoms. The molecular weight excluding hydrogens is 196 g/mol. The Morgan fingerprint density at radius 1 is 1.71 bits per heavy atom. The van der Waals surface area contributed by atoms with Crippen molar-refractivity contribution >= 4 is 17.2 Å². The minimum absolute atomic E-state index is 0.0556. The maximum absolute atomic E-state index is 11.4. The Bertz CT molecular complexity index is 284. The molecule has 3 N–H and O–H groups in total. The average Bonchev–Trinajstić information content (AvgIpc) is 2.69. The van der Waals surface area contributed by atoms with Gasteiger partial charge in [0.25, 0.3) is 0 Å². The first kappa shape index (κ1) is 11.2. The third-order valence-electron chi connectivity index (χ3n) is 2.11. The van der Waals surface area contributed by atoms with Gasteiger partial charge in [-0.15, -0.1) is 11.3 Å². The fraction of sp³-hybridized carbons (Fsp3) is 0.500. The molecule has 1 heterocycles. The van der Waals surface area contributed by atoms with Gasteiger partial charge in [0, 0.05) is 4.88 Å². The molecule has 0 aromatic carbocycles.